The van der Waals surface area contributed by atoms with Crippen LogP contribution in [0.25, 0.3) is 0 Å². The molecular formula is C22H26F4N6O2. The number of halogens is 4. The van der Waals surface area contributed by atoms with Crippen LogP contribution in [0.15, 0.2) is 42.4 Å². The molecule has 1 aromatic heterocycles. The largest absolute Gasteiger partial charge is 0.416 e. The van der Waals surface area contributed by atoms with Crippen LogP contribution in [0.5, 0.6) is 0 Å². The standard InChI is InChI=1S/C22H26F4N6O2/c1-12-18(32(28)10-17(27)20(34)30-11-21(2,3)4)8-16(9-29-12)31-19(33)13-5-14(22(24,25)26)7-15(23)6-13/h5-10H,11,27-28H2,1-4H3,(H,30,34)(H,31,33)/b17-10-. The molecule has 0 aliphatic heterocycles. The number of hydrogen-bond donors (Lipinski definition) is 4. The third kappa shape index (κ3) is 7.44. The van der Waals surface area contributed by atoms with Gasteiger partial charge in [-0.15, -0.1) is 0 Å². The Kier molecular flexibility index (Phi) is 7.88. The molecule has 0 saturated carbocycles. The molecule has 6 N–H and O–H groups in total. The van der Waals surface area contributed by atoms with Gasteiger partial charge in [-0.1, -0.05) is 20.8 Å². The van der Waals surface area contributed by atoms with E-state index in [-0.39, 0.29) is 22.5 Å². The second-order valence-electron chi connectivity index (χ2n) is 8.74. The van der Waals surface area contributed by atoms with Crippen molar-refractivity contribution >= 4 is 23.2 Å². The molecular weight excluding hydrogens is 456 g/mol. The van der Waals surface area contributed by atoms with Crippen LogP contribution < -0.4 is 27.2 Å². The second kappa shape index (κ2) is 10.1. The summed E-state index contributed by atoms with van der Waals surface area (Å²) in [5.74, 6) is 3.26. The molecule has 8 nitrogen and oxygen atoms in total. The fourth-order valence-corrected chi connectivity index (χ4v) is 2.66. The van der Waals surface area contributed by atoms with Gasteiger partial charge < -0.3 is 16.4 Å². The smallest absolute Gasteiger partial charge is 0.393 e. The summed E-state index contributed by atoms with van der Waals surface area (Å²) in [7, 11) is 0. The van der Waals surface area contributed by atoms with Crippen molar-refractivity contribution in [2.75, 3.05) is 16.9 Å². The van der Waals surface area contributed by atoms with Crippen molar-refractivity contribution in [3.8, 4) is 0 Å². The molecule has 0 bridgehead atoms. The first kappa shape index (κ1) is 26.6. The molecule has 184 valence electrons. The molecule has 0 fully saturated rings. The van der Waals surface area contributed by atoms with Gasteiger partial charge in [0.2, 0.25) is 0 Å². The van der Waals surface area contributed by atoms with E-state index >= 15 is 0 Å². The lowest BCUT2D eigenvalue weighted by molar-refractivity contribution is -0.137. The number of nitrogens with two attached hydrogens (primary N) is 2. The van der Waals surface area contributed by atoms with Crippen molar-refractivity contribution in [2.45, 2.75) is 33.9 Å². The van der Waals surface area contributed by atoms with Gasteiger partial charge in [0, 0.05) is 12.1 Å². The number of nitrogens with zero attached hydrogens (tertiary/aromatic N) is 2. The number of carbonyl (C=O) groups excluding carboxylic acids is 2. The van der Waals surface area contributed by atoms with Gasteiger partial charge in [0.05, 0.1) is 35.0 Å². The maximum absolute atomic E-state index is 13.6. The van der Waals surface area contributed by atoms with E-state index in [1.54, 1.807) is 6.92 Å². The monoisotopic (exact) mass is 482 g/mol. The van der Waals surface area contributed by atoms with Gasteiger partial charge in [-0.05, 0) is 36.6 Å². The fourth-order valence-electron chi connectivity index (χ4n) is 2.66. The number of aromatic nitrogens is 1. The minimum Gasteiger partial charge on any atom is -0.393 e. The molecule has 0 aliphatic carbocycles. The first-order valence-corrected chi connectivity index (χ1v) is 10.0. The Morgan fingerprint density at radius 1 is 1.15 bits per heavy atom. The average molecular weight is 482 g/mol. The van der Waals surface area contributed by atoms with E-state index < -0.39 is 34.9 Å². The number of anilines is 2. The summed E-state index contributed by atoms with van der Waals surface area (Å²) >= 11 is 0. The zero-order valence-electron chi connectivity index (χ0n) is 19.0. The number of rotatable bonds is 6. The third-order valence-corrected chi connectivity index (χ3v) is 4.40. The molecule has 34 heavy (non-hydrogen) atoms. The molecule has 2 amide bonds. The summed E-state index contributed by atoms with van der Waals surface area (Å²) in [6.45, 7) is 7.79. The Morgan fingerprint density at radius 3 is 2.38 bits per heavy atom. The van der Waals surface area contributed by atoms with Crippen molar-refractivity contribution in [1.82, 2.24) is 10.3 Å². The van der Waals surface area contributed by atoms with E-state index in [1.807, 2.05) is 20.8 Å². The van der Waals surface area contributed by atoms with E-state index in [9.17, 15) is 27.2 Å². The lowest BCUT2D eigenvalue weighted by atomic mass is 9.97. The summed E-state index contributed by atoms with van der Waals surface area (Å²) in [6, 6.07) is 2.89. The summed E-state index contributed by atoms with van der Waals surface area (Å²) in [5.41, 5.74) is 4.37. The Morgan fingerprint density at radius 2 is 1.79 bits per heavy atom. The van der Waals surface area contributed by atoms with Gasteiger partial charge in [-0.25, -0.2) is 10.2 Å². The highest BCUT2D eigenvalue weighted by Crippen LogP contribution is 2.30. The summed E-state index contributed by atoms with van der Waals surface area (Å²) < 4.78 is 52.4. The number of benzene rings is 1. The maximum Gasteiger partial charge on any atom is 0.416 e. The molecule has 0 atom stereocenters. The number of hydrazine groups is 1. The van der Waals surface area contributed by atoms with Crippen molar-refractivity contribution in [3.63, 3.8) is 0 Å². The van der Waals surface area contributed by atoms with Gasteiger partial charge in [-0.2, -0.15) is 13.2 Å². The number of hydrogen-bond acceptors (Lipinski definition) is 6. The lowest BCUT2D eigenvalue weighted by Gasteiger charge is -2.20. The minimum absolute atomic E-state index is 0.0722. The predicted octanol–water partition coefficient (Wildman–Crippen LogP) is 3.44. The number of alkyl halides is 3. The van der Waals surface area contributed by atoms with Crippen molar-refractivity contribution in [2.24, 2.45) is 17.0 Å². The number of nitrogens with one attached hydrogen (secondary N) is 2. The van der Waals surface area contributed by atoms with Crippen LogP contribution in [0.4, 0.5) is 28.9 Å². The van der Waals surface area contributed by atoms with E-state index in [4.69, 9.17) is 11.6 Å². The average Bonchev–Trinajstić information content (AvgIpc) is 2.71. The van der Waals surface area contributed by atoms with Crippen molar-refractivity contribution < 1.29 is 27.2 Å². The molecule has 0 saturated heterocycles. The van der Waals surface area contributed by atoms with Crippen LogP contribution in [-0.2, 0) is 11.0 Å². The van der Waals surface area contributed by atoms with Crippen LogP contribution in [0.1, 0.15) is 42.4 Å². The Bertz CT molecular complexity index is 1110. The van der Waals surface area contributed by atoms with Crippen LogP contribution in [0.3, 0.4) is 0 Å². The Balaban J connectivity index is 2.22. The quantitative estimate of drug-likeness (QED) is 0.216. The van der Waals surface area contributed by atoms with Gasteiger partial charge in [0.25, 0.3) is 11.8 Å². The molecule has 12 heteroatoms. The molecule has 0 radical (unpaired) electrons. The highest BCUT2D eigenvalue weighted by atomic mass is 19.4. The van der Waals surface area contributed by atoms with Crippen molar-refractivity contribution in [1.29, 1.82) is 0 Å². The third-order valence-electron chi connectivity index (χ3n) is 4.40. The molecule has 1 heterocycles. The highest BCUT2D eigenvalue weighted by molar-refractivity contribution is 6.04. The Labute approximate surface area is 194 Å². The molecule has 0 aliphatic rings. The van der Waals surface area contributed by atoms with Crippen LogP contribution in [-0.4, -0.2) is 23.3 Å². The van der Waals surface area contributed by atoms with Gasteiger partial charge in [0.15, 0.2) is 0 Å². The van der Waals surface area contributed by atoms with E-state index in [0.29, 0.717) is 30.4 Å². The first-order valence-electron chi connectivity index (χ1n) is 10.0. The number of amides is 2. The SMILES string of the molecule is Cc1ncc(NC(=O)c2cc(F)cc(C(F)(F)F)c2)cc1N(N)/C=C(\N)C(=O)NCC(C)(C)C. The van der Waals surface area contributed by atoms with E-state index in [2.05, 4.69) is 15.6 Å². The summed E-state index contributed by atoms with van der Waals surface area (Å²) in [6.07, 6.45) is -2.41. The normalized spacial score (nSPS) is 12.3. The molecule has 0 unspecified atom stereocenters. The lowest BCUT2D eigenvalue weighted by Crippen LogP contribution is -2.37. The van der Waals surface area contributed by atoms with Crippen molar-refractivity contribution in [3.05, 3.63) is 65.0 Å². The fraction of sp³-hybridized carbons (Fsp3) is 0.318. The van der Waals surface area contributed by atoms with Gasteiger partial charge in [0.1, 0.15) is 11.5 Å². The van der Waals surface area contributed by atoms with Crippen LogP contribution in [0.2, 0.25) is 0 Å². The Hall–Kier alpha value is -3.67. The summed E-state index contributed by atoms with van der Waals surface area (Å²) in [5, 5.41) is 6.04. The van der Waals surface area contributed by atoms with Crippen LogP contribution >= 0.6 is 0 Å². The zero-order valence-corrected chi connectivity index (χ0v) is 19.0. The molecule has 2 rings (SSSR count). The summed E-state index contributed by atoms with van der Waals surface area (Å²) in [4.78, 5) is 28.7. The van der Waals surface area contributed by atoms with E-state index in [0.717, 1.165) is 11.2 Å². The van der Waals surface area contributed by atoms with Gasteiger partial charge in [-0.3, -0.25) is 19.6 Å². The molecule has 1 aromatic carbocycles. The van der Waals surface area contributed by atoms with E-state index in [1.165, 1.54) is 12.3 Å². The highest BCUT2D eigenvalue weighted by Gasteiger charge is 2.32. The van der Waals surface area contributed by atoms with Gasteiger partial charge >= 0.3 is 6.18 Å². The minimum atomic E-state index is -4.82. The molecule has 2 aromatic rings. The maximum atomic E-state index is 13.6. The number of pyridine rings is 1. The zero-order chi connectivity index (χ0) is 25.8. The molecule has 0 spiro atoms. The predicted molar refractivity (Wildman–Crippen MR) is 120 cm³/mol. The first-order chi connectivity index (χ1) is 15.6. The number of aryl methyl sites for hydroxylation is 1. The van der Waals surface area contributed by atoms with Crippen LogP contribution in [0, 0.1) is 18.2 Å². The topological polar surface area (TPSA) is 126 Å². The number of carbonyl (C=O) groups is 2. The second-order valence-corrected chi connectivity index (χ2v) is 8.74.